The Kier molecular flexibility index (Phi) is 7.91. The quantitative estimate of drug-likeness (QED) is 0.149. The van der Waals surface area contributed by atoms with Gasteiger partial charge in [-0.1, -0.05) is 60.1 Å². The first kappa shape index (κ1) is 24.4. The number of carbonyl (C=O) groups excluding carboxylic acids is 1. The van der Waals surface area contributed by atoms with Crippen molar-refractivity contribution in [3.05, 3.63) is 100 Å². The normalized spacial score (nSPS) is 14.5. The maximum Gasteiger partial charge on any atom is 0.363 e. The van der Waals surface area contributed by atoms with Gasteiger partial charge in [-0.05, 0) is 98.6 Å². The van der Waals surface area contributed by atoms with E-state index in [1.54, 1.807) is 6.08 Å². The lowest BCUT2D eigenvalue weighted by Crippen LogP contribution is -2.05. The van der Waals surface area contributed by atoms with Gasteiger partial charge in [0.1, 0.15) is 12.4 Å². The van der Waals surface area contributed by atoms with Crippen molar-refractivity contribution in [3.8, 4) is 5.75 Å². The van der Waals surface area contributed by atoms with Crippen molar-refractivity contribution < 1.29 is 14.3 Å². The van der Waals surface area contributed by atoms with Gasteiger partial charge in [0.25, 0.3) is 0 Å². The number of hydrogen-bond donors (Lipinski definition) is 0. The molecular weight excluding hydrogens is 708 g/mol. The Hall–Kier alpha value is -1.72. The van der Waals surface area contributed by atoms with Crippen LogP contribution in [-0.4, -0.2) is 11.9 Å². The van der Waals surface area contributed by atoms with Gasteiger partial charge in [-0.2, -0.15) is 0 Å². The molecule has 0 aliphatic carbocycles. The van der Waals surface area contributed by atoms with Crippen LogP contribution in [0.25, 0.3) is 6.08 Å². The SMILES string of the molecule is CC(C)c1ccc(C2=N/C(=C/c3cc(I)c(OCc4ccccc4Br)c(I)c3)C(=O)O2)cc1. The first-order valence-corrected chi connectivity index (χ1v) is 13.2. The summed E-state index contributed by atoms with van der Waals surface area (Å²) >= 11 is 8.06. The Labute approximate surface area is 228 Å². The molecule has 0 fully saturated rings. The lowest BCUT2D eigenvalue weighted by molar-refractivity contribution is -0.129. The number of ether oxygens (including phenoxy) is 2. The van der Waals surface area contributed by atoms with E-state index in [0.717, 1.165) is 34.1 Å². The van der Waals surface area contributed by atoms with Crippen LogP contribution in [0.5, 0.6) is 5.75 Å². The fraction of sp³-hybridized carbons (Fsp3) is 0.154. The van der Waals surface area contributed by atoms with Gasteiger partial charge in [-0.3, -0.25) is 0 Å². The molecule has 0 radical (unpaired) electrons. The predicted molar refractivity (Wildman–Crippen MR) is 151 cm³/mol. The molecule has 4 rings (SSSR count). The number of rotatable bonds is 6. The number of aliphatic imine (C=N–C) groups is 1. The molecule has 0 saturated carbocycles. The fourth-order valence-electron chi connectivity index (χ4n) is 3.27. The number of esters is 1. The molecule has 1 aliphatic rings. The van der Waals surface area contributed by atoms with E-state index in [1.807, 2.05) is 60.7 Å². The third-order valence-electron chi connectivity index (χ3n) is 5.10. The summed E-state index contributed by atoms with van der Waals surface area (Å²) in [7, 11) is 0. The number of carbonyl (C=O) groups is 1. The van der Waals surface area contributed by atoms with Crippen LogP contribution in [0, 0.1) is 7.14 Å². The van der Waals surface area contributed by atoms with Crippen molar-refractivity contribution in [2.45, 2.75) is 26.4 Å². The summed E-state index contributed by atoms with van der Waals surface area (Å²) in [4.78, 5) is 16.9. The Balaban J connectivity index is 1.54. The minimum atomic E-state index is -0.447. The molecule has 0 aromatic heterocycles. The average Bonchev–Trinajstić information content (AvgIpc) is 3.14. The van der Waals surface area contributed by atoms with Gasteiger partial charge in [0.15, 0.2) is 5.70 Å². The van der Waals surface area contributed by atoms with Gasteiger partial charge < -0.3 is 9.47 Å². The number of hydrogen-bond acceptors (Lipinski definition) is 4. The lowest BCUT2D eigenvalue weighted by atomic mass is 10.0. The van der Waals surface area contributed by atoms with E-state index in [2.05, 4.69) is 80.0 Å². The van der Waals surface area contributed by atoms with Gasteiger partial charge in [-0.25, -0.2) is 9.79 Å². The van der Waals surface area contributed by atoms with Crippen LogP contribution in [0.2, 0.25) is 0 Å². The average molecular weight is 728 g/mol. The second-order valence-electron chi connectivity index (χ2n) is 7.81. The van der Waals surface area contributed by atoms with Crippen LogP contribution in [0.4, 0.5) is 0 Å². The zero-order valence-corrected chi connectivity index (χ0v) is 23.8. The van der Waals surface area contributed by atoms with E-state index in [9.17, 15) is 4.79 Å². The zero-order valence-electron chi connectivity index (χ0n) is 17.9. The monoisotopic (exact) mass is 727 g/mol. The number of cyclic esters (lactones) is 1. The molecule has 1 aliphatic heterocycles. The number of benzene rings is 3. The molecule has 168 valence electrons. The van der Waals surface area contributed by atoms with Crippen LogP contribution in [0.15, 0.2) is 75.8 Å². The molecule has 0 amide bonds. The van der Waals surface area contributed by atoms with Crippen molar-refractivity contribution in [2.24, 2.45) is 4.99 Å². The Morgan fingerprint density at radius 3 is 2.36 bits per heavy atom. The Bertz CT molecular complexity index is 1240. The molecule has 0 saturated heterocycles. The van der Waals surface area contributed by atoms with Crippen LogP contribution in [-0.2, 0) is 16.1 Å². The highest BCUT2D eigenvalue weighted by Gasteiger charge is 2.24. The molecule has 0 bridgehead atoms. The molecule has 0 spiro atoms. The minimum Gasteiger partial charge on any atom is -0.487 e. The van der Waals surface area contributed by atoms with Crippen molar-refractivity contribution in [1.82, 2.24) is 0 Å². The van der Waals surface area contributed by atoms with E-state index in [1.165, 1.54) is 5.56 Å². The molecular formula is C26H20BrI2NO3. The topological polar surface area (TPSA) is 47.9 Å². The first-order chi connectivity index (χ1) is 15.8. The van der Waals surface area contributed by atoms with E-state index >= 15 is 0 Å². The lowest BCUT2D eigenvalue weighted by Gasteiger charge is -2.12. The highest BCUT2D eigenvalue weighted by atomic mass is 127. The summed E-state index contributed by atoms with van der Waals surface area (Å²) in [5.41, 5.74) is 4.24. The third kappa shape index (κ3) is 5.86. The van der Waals surface area contributed by atoms with Crippen molar-refractivity contribution in [2.75, 3.05) is 0 Å². The van der Waals surface area contributed by atoms with Crippen LogP contribution >= 0.6 is 61.1 Å². The van der Waals surface area contributed by atoms with Crippen molar-refractivity contribution in [3.63, 3.8) is 0 Å². The number of nitrogens with zero attached hydrogens (tertiary/aromatic N) is 1. The molecule has 3 aromatic rings. The molecule has 1 heterocycles. The van der Waals surface area contributed by atoms with Crippen molar-refractivity contribution >= 4 is 79.1 Å². The predicted octanol–water partition coefficient (Wildman–Crippen LogP) is 7.71. The highest BCUT2D eigenvalue weighted by molar-refractivity contribution is 14.1. The smallest absolute Gasteiger partial charge is 0.363 e. The van der Waals surface area contributed by atoms with E-state index in [-0.39, 0.29) is 5.70 Å². The molecule has 3 aromatic carbocycles. The van der Waals surface area contributed by atoms with Crippen LogP contribution in [0.3, 0.4) is 0 Å². The van der Waals surface area contributed by atoms with Gasteiger partial charge in [0.05, 0.1) is 7.14 Å². The first-order valence-electron chi connectivity index (χ1n) is 10.3. The van der Waals surface area contributed by atoms with E-state index in [4.69, 9.17) is 9.47 Å². The summed E-state index contributed by atoms with van der Waals surface area (Å²) in [6.07, 6.45) is 1.75. The number of halogens is 3. The third-order valence-corrected chi connectivity index (χ3v) is 7.47. The second kappa shape index (κ2) is 10.7. The molecule has 0 unspecified atom stereocenters. The fourth-order valence-corrected chi connectivity index (χ4v) is 5.79. The second-order valence-corrected chi connectivity index (χ2v) is 11.0. The molecule has 0 atom stereocenters. The van der Waals surface area contributed by atoms with Gasteiger partial charge >= 0.3 is 5.97 Å². The summed E-state index contributed by atoms with van der Waals surface area (Å²) in [5.74, 6) is 1.14. The maximum atomic E-state index is 12.4. The molecule has 4 nitrogen and oxygen atoms in total. The highest BCUT2D eigenvalue weighted by Crippen LogP contribution is 2.32. The van der Waals surface area contributed by atoms with Crippen LogP contribution in [0.1, 0.15) is 42.0 Å². The van der Waals surface area contributed by atoms with Gasteiger partial charge in [0.2, 0.25) is 5.90 Å². The van der Waals surface area contributed by atoms with Gasteiger partial charge in [0, 0.05) is 15.6 Å². The molecule has 7 heteroatoms. The largest absolute Gasteiger partial charge is 0.487 e. The standard InChI is InChI=1S/C26H20BrI2NO3/c1-15(2)17-7-9-18(10-8-17)25-30-23(26(31)33-25)13-16-11-21(28)24(22(29)12-16)32-14-19-5-3-4-6-20(19)27/h3-13,15H,14H2,1-2H3/b23-13+. The zero-order chi connectivity index (χ0) is 23.5. The van der Waals surface area contributed by atoms with E-state index in [0.29, 0.717) is 18.4 Å². The maximum absolute atomic E-state index is 12.4. The summed E-state index contributed by atoms with van der Waals surface area (Å²) in [6, 6.07) is 19.9. The Morgan fingerprint density at radius 1 is 1.06 bits per heavy atom. The summed E-state index contributed by atoms with van der Waals surface area (Å²) < 4.78 is 14.5. The minimum absolute atomic E-state index is 0.284. The Morgan fingerprint density at radius 2 is 1.73 bits per heavy atom. The molecule has 33 heavy (non-hydrogen) atoms. The van der Waals surface area contributed by atoms with Crippen molar-refractivity contribution in [1.29, 1.82) is 0 Å². The summed E-state index contributed by atoms with van der Waals surface area (Å²) in [6.45, 7) is 4.74. The summed E-state index contributed by atoms with van der Waals surface area (Å²) in [5, 5.41) is 0. The van der Waals surface area contributed by atoms with Crippen LogP contribution < -0.4 is 4.74 Å². The molecule has 0 N–H and O–H groups in total. The van der Waals surface area contributed by atoms with E-state index < -0.39 is 5.97 Å². The van der Waals surface area contributed by atoms with Gasteiger partial charge in [-0.15, -0.1) is 0 Å².